The van der Waals surface area contributed by atoms with Crippen molar-refractivity contribution in [1.82, 2.24) is 4.98 Å². The van der Waals surface area contributed by atoms with Gasteiger partial charge in [0.15, 0.2) is 5.78 Å². The van der Waals surface area contributed by atoms with Crippen LogP contribution in [0.3, 0.4) is 0 Å². The van der Waals surface area contributed by atoms with Crippen LogP contribution in [0.2, 0.25) is 0 Å². The summed E-state index contributed by atoms with van der Waals surface area (Å²) >= 11 is 0. The maximum absolute atomic E-state index is 13.8. The molecular weight excluding hydrogens is 426 g/mol. The first-order chi connectivity index (χ1) is 16.5. The Morgan fingerprint density at radius 3 is 2.44 bits per heavy atom. The topological polar surface area (TPSA) is 83.2 Å². The number of fused-ring (bicyclic) bond motifs is 1. The highest BCUT2D eigenvalue weighted by Gasteiger charge is 2.25. The fraction of sp³-hybridized carbons (Fsp3) is 0.214. The fourth-order valence-corrected chi connectivity index (χ4v) is 4.02. The molecule has 0 fully saturated rings. The number of aromatic amines is 1. The maximum atomic E-state index is 13.8. The number of H-pyrrole nitrogens is 1. The summed E-state index contributed by atoms with van der Waals surface area (Å²) in [6.45, 7) is 3.79. The number of Topliss-reactive ketones (excluding diaryl/α,β-unsaturated/α-hetero) is 1. The number of carbonyl (C=O) groups is 2. The molecule has 0 aliphatic heterocycles. The number of benzene rings is 3. The van der Waals surface area contributed by atoms with Crippen molar-refractivity contribution in [2.75, 3.05) is 17.7 Å². The van der Waals surface area contributed by atoms with Gasteiger partial charge in [-0.2, -0.15) is 0 Å². The lowest BCUT2D eigenvalue weighted by molar-refractivity contribution is -0.124. The van der Waals surface area contributed by atoms with E-state index in [1.165, 1.54) is 12.7 Å². The van der Waals surface area contributed by atoms with E-state index in [4.69, 9.17) is 4.74 Å². The lowest BCUT2D eigenvalue weighted by Crippen LogP contribution is -2.26. The highest BCUT2D eigenvalue weighted by Crippen LogP contribution is 2.30. The number of aryl methyl sites for hydroxylation is 1. The van der Waals surface area contributed by atoms with Gasteiger partial charge in [0.1, 0.15) is 12.1 Å². The monoisotopic (exact) mass is 455 g/mol. The van der Waals surface area contributed by atoms with E-state index in [9.17, 15) is 9.59 Å². The molecule has 0 spiro atoms. The summed E-state index contributed by atoms with van der Waals surface area (Å²) in [4.78, 5) is 29.4. The van der Waals surface area contributed by atoms with Gasteiger partial charge in [-0.15, -0.1) is 0 Å². The second kappa shape index (κ2) is 10.4. The van der Waals surface area contributed by atoms with Gasteiger partial charge in [0.25, 0.3) is 5.91 Å². The Kier molecular flexibility index (Phi) is 7.09. The molecule has 2 atom stereocenters. The molecule has 3 aromatic carbocycles. The Morgan fingerprint density at radius 2 is 1.71 bits per heavy atom. The molecule has 34 heavy (non-hydrogen) atoms. The molecule has 4 aromatic rings. The van der Waals surface area contributed by atoms with Gasteiger partial charge in [0, 0.05) is 41.1 Å². The molecule has 1 heterocycles. The number of methoxy groups -OCH3 is 1. The number of nitrogens with one attached hydrogen (secondary N) is 3. The maximum Gasteiger partial charge on any atom is 0.253 e. The highest BCUT2D eigenvalue weighted by atomic mass is 16.5. The van der Waals surface area contributed by atoms with Gasteiger partial charge in [-0.3, -0.25) is 9.59 Å². The van der Waals surface area contributed by atoms with Crippen LogP contribution in [-0.4, -0.2) is 29.9 Å². The lowest BCUT2D eigenvalue weighted by atomic mass is 9.96. The first-order valence-corrected chi connectivity index (χ1v) is 11.4. The van der Waals surface area contributed by atoms with Crippen LogP contribution in [0.25, 0.3) is 10.9 Å². The van der Waals surface area contributed by atoms with Crippen LogP contribution in [0, 0.1) is 0 Å². The first-order valence-electron chi connectivity index (χ1n) is 11.4. The Labute approximate surface area is 199 Å². The zero-order valence-electron chi connectivity index (χ0n) is 19.6. The number of hydrogen-bond acceptors (Lipinski definition) is 4. The number of anilines is 2. The third-order valence-corrected chi connectivity index (χ3v) is 6.01. The number of hydrogen-bond donors (Lipinski definition) is 3. The smallest absolute Gasteiger partial charge is 0.253 e. The van der Waals surface area contributed by atoms with E-state index in [1.54, 1.807) is 19.2 Å². The zero-order valence-corrected chi connectivity index (χ0v) is 19.6. The van der Waals surface area contributed by atoms with Crippen molar-refractivity contribution in [2.45, 2.75) is 32.4 Å². The molecule has 0 unspecified atom stereocenters. The Balaban J connectivity index is 1.67. The number of carbonyl (C=O) groups excluding carboxylic acids is 2. The molecule has 174 valence electrons. The number of ether oxygens (including phenoxy) is 1. The van der Waals surface area contributed by atoms with Gasteiger partial charge in [-0.05, 0) is 42.7 Å². The quantitative estimate of drug-likeness (QED) is 0.281. The van der Waals surface area contributed by atoms with Gasteiger partial charge in [0.2, 0.25) is 0 Å². The molecule has 6 heteroatoms. The van der Waals surface area contributed by atoms with Crippen LogP contribution in [0.4, 0.5) is 11.4 Å². The number of rotatable bonds is 9. The van der Waals surface area contributed by atoms with Crippen molar-refractivity contribution >= 4 is 34.0 Å². The Bertz CT molecular complexity index is 1300. The summed E-state index contributed by atoms with van der Waals surface area (Å²) in [5.74, 6) is -0.269. The van der Waals surface area contributed by atoms with E-state index >= 15 is 0 Å². The average Bonchev–Trinajstić information content (AvgIpc) is 3.31. The Hall–Kier alpha value is -3.90. The van der Waals surface area contributed by atoms with E-state index in [0.29, 0.717) is 11.3 Å². The second-order valence-electron chi connectivity index (χ2n) is 8.20. The summed E-state index contributed by atoms with van der Waals surface area (Å²) in [7, 11) is 1.49. The van der Waals surface area contributed by atoms with E-state index in [-0.39, 0.29) is 11.7 Å². The van der Waals surface area contributed by atoms with Crippen molar-refractivity contribution in [3.8, 4) is 0 Å². The standard InChI is InChI=1S/C28H29N3O3/c1-4-19-12-8-15-23-24(17-29-25(19)23)27(32)26(20-10-6-5-7-11-20)30-21-13-9-14-22(16-21)31-28(33)18(2)34-3/h5-18,26,29-30H,4H2,1-3H3,(H,31,33)/t18-,26-/m1/s1. The van der Waals surface area contributed by atoms with E-state index in [2.05, 4.69) is 28.6 Å². The van der Waals surface area contributed by atoms with Crippen molar-refractivity contribution in [3.63, 3.8) is 0 Å². The lowest BCUT2D eigenvalue weighted by Gasteiger charge is -2.20. The Morgan fingerprint density at radius 1 is 0.971 bits per heavy atom. The van der Waals surface area contributed by atoms with Gasteiger partial charge in [0.05, 0.1) is 0 Å². The van der Waals surface area contributed by atoms with Gasteiger partial charge in [-0.1, -0.05) is 61.5 Å². The number of ketones is 1. The van der Waals surface area contributed by atoms with Crippen LogP contribution >= 0.6 is 0 Å². The van der Waals surface area contributed by atoms with Crippen molar-refractivity contribution in [2.24, 2.45) is 0 Å². The predicted octanol–water partition coefficient (Wildman–Crippen LogP) is 5.74. The van der Waals surface area contributed by atoms with Crippen LogP contribution in [-0.2, 0) is 16.0 Å². The summed E-state index contributed by atoms with van der Waals surface area (Å²) in [6.07, 6.45) is 2.11. The molecule has 0 aliphatic rings. The van der Waals surface area contributed by atoms with Gasteiger partial charge < -0.3 is 20.4 Å². The third kappa shape index (κ3) is 4.87. The van der Waals surface area contributed by atoms with E-state index in [1.807, 2.05) is 60.7 Å². The third-order valence-electron chi connectivity index (χ3n) is 6.01. The van der Waals surface area contributed by atoms with Crippen molar-refractivity contribution in [1.29, 1.82) is 0 Å². The van der Waals surface area contributed by atoms with E-state index < -0.39 is 12.1 Å². The van der Waals surface area contributed by atoms with Crippen LogP contribution in [0.15, 0.2) is 79.0 Å². The fourth-order valence-electron chi connectivity index (χ4n) is 4.02. The summed E-state index contributed by atoms with van der Waals surface area (Å²) in [5.41, 5.74) is 5.02. The molecule has 3 N–H and O–H groups in total. The summed E-state index contributed by atoms with van der Waals surface area (Å²) in [6, 6.07) is 22.4. The molecule has 1 aromatic heterocycles. The minimum absolute atomic E-state index is 0.0341. The predicted molar refractivity (Wildman–Crippen MR) is 136 cm³/mol. The molecule has 6 nitrogen and oxygen atoms in total. The van der Waals surface area contributed by atoms with Crippen LogP contribution < -0.4 is 10.6 Å². The molecule has 0 radical (unpaired) electrons. The average molecular weight is 456 g/mol. The van der Waals surface area contributed by atoms with Crippen LogP contribution in [0.5, 0.6) is 0 Å². The molecule has 0 saturated carbocycles. The van der Waals surface area contributed by atoms with E-state index in [0.717, 1.165) is 28.6 Å². The minimum atomic E-state index is -0.602. The van der Waals surface area contributed by atoms with Crippen molar-refractivity contribution < 1.29 is 14.3 Å². The van der Waals surface area contributed by atoms with Gasteiger partial charge in [-0.25, -0.2) is 0 Å². The number of amides is 1. The SMILES string of the molecule is CCc1cccc2c(C(=O)[C@H](Nc3cccc(NC(=O)[C@@H](C)OC)c3)c3ccccc3)c[nH]c12. The van der Waals surface area contributed by atoms with Gasteiger partial charge >= 0.3 is 0 Å². The highest BCUT2D eigenvalue weighted by molar-refractivity contribution is 6.12. The molecule has 4 rings (SSSR count). The zero-order chi connectivity index (χ0) is 24.1. The summed E-state index contributed by atoms with van der Waals surface area (Å²) < 4.78 is 5.09. The molecule has 0 aliphatic carbocycles. The number of aromatic nitrogens is 1. The summed E-state index contributed by atoms with van der Waals surface area (Å²) in [5, 5.41) is 7.15. The molecule has 0 bridgehead atoms. The number of para-hydroxylation sites is 1. The molecule has 0 saturated heterocycles. The minimum Gasteiger partial charge on any atom is -0.372 e. The largest absolute Gasteiger partial charge is 0.372 e. The molecule has 1 amide bonds. The second-order valence-corrected chi connectivity index (χ2v) is 8.20. The van der Waals surface area contributed by atoms with Crippen molar-refractivity contribution in [3.05, 3.63) is 95.7 Å². The van der Waals surface area contributed by atoms with Crippen LogP contribution in [0.1, 0.15) is 41.4 Å². The normalized spacial score (nSPS) is 12.8. The molecular formula is C28H29N3O3. The first kappa shape index (κ1) is 23.3.